The highest BCUT2D eigenvalue weighted by Gasteiger charge is 2.55. The fraction of sp³-hybridized carbons (Fsp3) is 0.667. The van der Waals surface area contributed by atoms with Gasteiger partial charge in [0.15, 0.2) is 0 Å². The normalized spacial score (nSPS) is 31.5. The van der Waals surface area contributed by atoms with Gasteiger partial charge in [-0.1, -0.05) is 32.0 Å². The summed E-state index contributed by atoms with van der Waals surface area (Å²) in [6, 6.07) is 8.79. The van der Waals surface area contributed by atoms with Crippen molar-refractivity contribution < 1.29 is 14.4 Å². The molecule has 1 heterocycles. The summed E-state index contributed by atoms with van der Waals surface area (Å²) in [4.78, 5) is 43.4. The molecule has 6 nitrogen and oxygen atoms in total. The molecule has 4 aliphatic carbocycles. The molecule has 5 aliphatic rings. The topological polar surface area (TPSA) is 69.7 Å². The Balaban J connectivity index is 1.21. The van der Waals surface area contributed by atoms with Gasteiger partial charge in [-0.05, 0) is 74.3 Å². The number of nitrogens with zero attached hydrogens (tertiary/aromatic N) is 2. The molecule has 0 spiro atoms. The van der Waals surface area contributed by atoms with Crippen molar-refractivity contribution in [2.24, 2.45) is 29.1 Å². The fourth-order valence-electron chi connectivity index (χ4n) is 7.29. The molecule has 1 N–H and O–H groups in total. The molecule has 6 heteroatoms. The third-order valence-electron chi connectivity index (χ3n) is 8.64. The van der Waals surface area contributed by atoms with Gasteiger partial charge >= 0.3 is 0 Å². The van der Waals surface area contributed by atoms with Crippen LogP contribution in [0.2, 0.25) is 0 Å². The lowest BCUT2D eigenvalue weighted by molar-refractivity contribution is -0.151. The van der Waals surface area contributed by atoms with E-state index < -0.39 is 6.04 Å². The molecule has 0 unspecified atom stereocenters. The third-order valence-corrected chi connectivity index (χ3v) is 8.64. The molecule has 33 heavy (non-hydrogen) atoms. The maximum atomic E-state index is 13.6. The van der Waals surface area contributed by atoms with Crippen LogP contribution in [0.1, 0.15) is 62.7 Å². The minimum absolute atomic E-state index is 0.00473. The Morgan fingerprint density at radius 2 is 1.36 bits per heavy atom. The zero-order chi connectivity index (χ0) is 23.2. The number of nitrogens with one attached hydrogen (secondary N) is 1. The lowest BCUT2D eigenvalue weighted by atomic mass is 9.49. The Labute approximate surface area is 197 Å². The Bertz CT molecular complexity index is 869. The van der Waals surface area contributed by atoms with Crippen LogP contribution in [0.3, 0.4) is 0 Å². The molecular formula is C27H37N3O3. The number of hydrogen-bond acceptors (Lipinski definition) is 3. The SMILES string of the molecule is CC(C)[C@@H](NC(=O)C12CC3CC(CC(C3)C1)C2)C(=O)N1CCN(C(=O)c2ccccc2)CC1. The van der Waals surface area contributed by atoms with Gasteiger partial charge in [0.1, 0.15) is 6.04 Å². The number of carbonyl (C=O) groups is 3. The first-order chi connectivity index (χ1) is 15.8. The fourth-order valence-corrected chi connectivity index (χ4v) is 7.29. The summed E-state index contributed by atoms with van der Waals surface area (Å²) in [5.41, 5.74) is 0.434. The highest BCUT2D eigenvalue weighted by atomic mass is 16.2. The Morgan fingerprint density at radius 1 is 0.848 bits per heavy atom. The van der Waals surface area contributed by atoms with Gasteiger partial charge < -0.3 is 15.1 Å². The van der Waals surface area contributed by atoms with Gasteiger partial charge in [0.2, 0.25) is 11.8 Å². The van der Waals surface area contributed by atoms with Crippen molar-refractivity contribution in [3.8, 4) is 0 Å². The molecular weight excluding hydrogens is 414 g/mol. The molecule has 1 aliphatic heterocycles. The lowest BCUT2D eigenvalue weighted by Crippen LogP contribution is -2.60. The molecule has 1 aromatic rings. The zero-order valence-corrected chi connectivity index (χ0v) is 20.0. The predicted octanol–water partition coefficient (Wildman–Crippen LogP) is 3.33. The molecule has 1 saturated heterocycles. The van der Waals surface area contributed by atoms with Crippen molar-refractivity contribution in [3.05, 3.63) is 35.9 Å². The average molecular weight is 452 g/mol. The molecule has 4 bridgehead atoms. The van der Waals surface area contributed by atoms with E-state index in [1.807, 2.05) is 54.0 Å². The number of amides is 3. The van der Waals surface area contributed by atoms with Crippen LogP contribution >= 0.6 is 0 Å². The standard InChI is InChI=1S/C27H37N3O3/c1-18(2)23(28-26(33)27-15-19-12-20(16-27)14-21(13-19)17-27)25(32)30-10-8-29(9-11-30)24(31)22-6-4-3-5-7-22/h3-7,18-21,23H,8-17H2,1-2H3,(H,28,33)/t19?,20?,21?,23-,27?/m1/s1. The lowest BCUT2D eigenvalue weighted by Gasteiger charge is -2.56. The summed E-state index contributed by atoms with van der Waals surface area (Å²) < 4.78 is 0. The van der Waals surface area contributed by atoms with Crippen molar-refractivity contribution in [2.75, 3.05) is 26.2 Å². The van der Waals surface area contributed by atoms with Crippen molar-refractivity contribution in [2.45, 2.75) is 58.4 Å². The maximum Gasteiger partial charge on any atom is 0.253 e. The first-order valence-corrected chi connectivity index (χ1v) is 12.8. The Kier molecular flexibility index (Phi) is 5.96. The van der Waals surface area contributed by atoms with E-state index in [0.717, 1.165) is 19.3 Å². The van der Waals surface area contributed by atoms with Crippen LogP contribution in [0, 0.1) is 29.1 Å². The quantitative estimate of drug-likeness (QED) is 0.747. The molecule has 1 aromatic carbocycles. The summed E-state index contributed by atoms with van der Waals surface area (Å²) in [6.45, 7) is 6.08. The predicted molar refractivity (Wildman–Crippen MR) is 126 cm³/mol. The van der Waals surface area contributed by atoms with Gasteiger partial charge in [-0.25, -0.2) is 0 Å². The largest absolute Gasteiger partial charge is 0.344 e. The molecule has 0 radical (unpaired) electrons. The van der Waals surface area contributed by atoms with Crippen LogP contribution in [0.4, 0.5) is 0 Å². The second-order valence-corrected chi connectivity index (χ2v) is 11.4. The van der Waals surface area contributed by atoms with Gasteiger partial charge in [-0.2, -0.15) is 0 Å². The van der Waals surface area contributed by atoms with Crippen molar-refractivity contribution in [1.29, 1.82) is 0 Å². The molecule has 4 saturated carbocycles. The van der Waals surface area contributed by atoms with Crippen molar-refractivity contribution in [3.63, 3.8) is 0 Å². The summed E-state index contributed by atoms with van der Waals surface area (Å²) in [5, 5.41) is 3.22. The van der Waals surface area contributed by atoms with Crippen LogP contribution < -0.4 is 5.32 Å². The minimum Gasteiger partial charge on any atom is -0.344 e. The molecule has 1 atom stereocenters. The molecule has 178 valence electrons. The minimum atomic E-state index is -0.498. The average Bonchev–Trinajstić information content (AvgIpc) is 2.81. The van der Waals surface area contributed by atoms with E-state index in [1.165, 1.54) is 19.3 Å². The number of hydrogen-bond donors (Lipinski definition) is 1. The van der Waals surface area contributed by atoms with Gasteiger partial charge in [0.05, 0.1) is 0 Å². The van der Waals surface area contributed by atoms with Crippen molar-refractivity contribution >= 4 is 17.7 Å². The third kappa shape index (κ3) is 4.29. The number of rotatable bonds is 5. The van der Waals surface area contributed by atoms with Crippen LogP contribution in [0.5, 0.6) is 0 Å². The smallest absolute Gasteiger partial charge is 0.253 e. The molecule has 5 fully saturated rings. The van der Waals surface area contributed by atoms with E-state index in [1.54, 1.807) is 0 Å². The van der Waals surface area contributed by atoms with Gasteiger partial charge in [-0.15, -0.1) is 0 Å². The molecule has 0 aromatic heterocycles. The number of benzene rings is 1. The Morgan fingerprint density at radius 3 is 1.88 bits per heavy atom. The van der Waals surface area contributed by atoms with E-state index >= 15 is 0 Å². The van der Waals surface area contributed by atoms with Crippen LogP contribution in [-0.4, -0.2) is 59.7 Å². The first-order valence-electron chi connectivity index (χ1n) is 12.8. The van der Waals surface area contributed by atoms with E-state index in [0.29, 0.717) is 49.5 Å². The number of carbonyl (C=O) groups excluding carboxylic acids is 3. The zero-order valence-electron chi connectivity index (χ0n) is 20.0. The second-order valence-electron chi connectivity index (χ2n) is 11.4. The van der Waals surface area contributed by atoms with Gasteiger partial charge in [-0.3, -0.25) is 14.4 Å². The molecule has 3 amide bonds. The highest BCUT2D eigenvalue weighted by Crippen LogP contribution is 2.60. The van der Waals surface area contributed by atoms with Gasteiger partial charge in [0.25, 0.3) is 5.91 Å². The second kappa shape index (κ2) is 8.77. The highest BCUT2D eigenvalue weighted by molar-refractivity contribution is 5.94. The van der Waals surface area contributed by atoms with E-state index in [2.05, 4.69) is 5.32 Å². The first kappa shape index (κ1) is 22.4. The summed E-state index contributed by atoms with van der Waals surface area (Å²) in [7, 11) is 0. The molecule has 6 rings (SSSR count). The Hall–Kier alpha value is -2.37. The monoisotopic (exact) mass is 451 g/mol. The van der Waals surface area contributed by atoms with Crippen LogP contribution in [-0.2, 0) is 9.59 Å². The van der Waals surface area contributed by atoms with Gasteiger partial charge in [0, 0.05) is 37.2 Å². The van der Waals surface area contributed by atoms with E-state index in [4.69, 9.17) is 0 Å². The van der Waals surface area contributed by atoms with Crippen molar-refractivity contribution in [1.82, 2.24) is 15.1 Å². The summed E-state index contributed by atoms with van der Waals surface area (Å²) in [6.07, 6.45) is 6.90. The number of piperazine rings is 1. The van der Waals surface area contributed by atoms with E-state index in [9.17, 15) is 14.4 Å². The summed E-state index contributed by atoms with van der Waals surface area (Å²) >= 11 is 0. The van der Waals surface area contributed by atoms with Crippen LogP contribution in [0.25, 0.3) is 0 Å². The van der Waals surface area contributed by atoms with Crippen LogP contribution in [0.15, 0.2) is 30.3 Å². The summed E-state index contributed by atoms with van der Waals surface area (Å²) in [5.74, 6) is 2.25. The van der Waals surface area contributed by atoms with E-state index in [-0.39, 0.29) is 29.1 Å². The maximum absolute atomic E-state index is 13.6.